The fourth-order valence-corrected chi connectivity index (χ4v) is 1.90. The van der Waals surface area contributed by atoms with Gasteiger partial charge in [0, 0.05) is 0 Å². The number of hydrogen-bond acceptors (Lipinski definition) is 5. The molecule has 0 bridgehead atoms. The van der Waals surface area contributed by atoms with Crippen molar-refractivity contribution in [2.75, 3.05) is 19.0 Å². The van der Waals surface area contributed by atoms with Crippen LogP contribution in [0.15, 0.2) is 53.6 Å². The van der Waals surface area contributed by atoms with Gasteiger partial charge in [-0.05, 0) is 29.8 Å². The number of ether oxygens (including phenoxy) is 1. The molecule has 0 saturated heterocycles. The molecule has 0 radical (unpaired) electrons. The number of carbonyl (C=O) groups is 2. The highest BCUT2D eigenvalue weighted by Gasteiger charge is 2.04. The lowest BCUT2D eigenvalue weighted by molar-refractivity contribution is -0.119. The van der Waals surface area contributed by atoms with Gasteiger partial charge in [-0.2, -0.15) is 5.10 Å². The predicted molar refractivity (Wildman–Crippen MR) is 90.6 cm³/mol. The van der Waals surface area contributed by atoms with Crippen molar-refractivity contribution in [1.29, 1.82) is 0 Å². The maximum atomic E-state index is 11.7. The molecule has 24 heavy (non-hydrogen) atoms. The van der Waals surface area contributed by atoms with E-state index in [9.17, 15) is 9.59 Å². The number of amides is 1. The summed E-state index contributed by atoms with van der Waals surface area (Å²) in [6.07, 6.45) is 1.44. The van der Waals surface area contributed by atoms with E-state index in [1.807, 2.05) is 12.1 Å². The van der Waals surface area contributed by atoms with Gasteiger partial charge in [-0.15, -0.1) is 0 Å². The van der Waals surface area contributed by atoms with Gasteiger partial charge < -0.3 is 15.2 Å². The summed E-state index contributed by atoms with van der Waals surface area (Å²) in [5, 5.41) is 15.6. The number of hydrazone groups is 1. The number of carboxylic acid groups (broad SMARTS) is 1. The molecule has 124 valence electrons. The van der Waals surface area contributed by atoms with E-state index >= 15 is 0 Å². The van der Waals surface area contributed by atoms with E-state index < -0.39 is 5.97 Å². The van der Waals surface area contributed by atoms with Gasteiger partial charge >= 0.3 is 5.97 Å². The second-order valence-electron chi connectivity index (χ2n) is 4.77. The molecular formula is C17H17N3O4. The first-order valence-electron chi connectivity index (χ1n) is 7.12. The Hall–Kier alpha value is -3.35. The number of rotatable bonds is 7. The SMILES string of the molecule is COc1ccccc1NCC(=O)N/N=C/c1ccc(C(=O)O)cc1. The molecule has 0 saturated carbocycles. The lowest BCUT2D eigenvalue weighted by atomic mass is 10.1. The number of hydrogen-bond donors (Lipinski definition) is 3. The lowest BCUT2D eigenvalue weighted by Gasteiger charge is -2.09. The first kappa shape index (κ1) is 17.0. The molecule has 2 aromatic rings. The molecular weight excluding hydrogens is 310 g/mol. The molecule has 0 atom stereocenters. The van der Waals surface area contributed by atoms with Crippen molar-refractivity contribution in [1.82, 2.24) is 5.43 Å². The Kier molecular flexibility index (Phi) is 5.90. The van der Waals surface area contributed by atoms with E-state index in [1.165, 1.54) is 18.3 Å². The number of benzene rings is 2. The summed E-state index contributed by atoms with van der Waals surface area (Å²) in [6, 6.07) is 13.4. The molecule has 0 aliphatic carbocycles. The van der Waals surface area contributed by atoms with Crippen molar-refractivity contribution in [3.63, 3.8) is 0 Å². The third kappa shape index (κ3) is 4.84. The fraction of sp³-hybridized carbons (Fsp3) is 0.118. The summed E-state index contributed by atoms with van der Waals surface area (Å²) in [4.78, 5) is 22.5. The van der Waals surface area contributed by atoms with Gasteiger partial charge in [-0.25, -0.2) is 10.2 Å². The summed E-state index contributed by atoms with van der Waals surface area (Å²) in [5.41, 5.74) is 3.97. The van der Waals surface area contributed by atoms with E-state index in [0.29, 0.717) is 17.0 Å². The minimum Gasteiger partial charge on any atom is -0.495 e. The number of anilines is 1. The highest BCUT2D eigenvalue weighted by atomic mass is 16.5. The molecule has 7 nitrogen and oxygen atoms in total. The van der Waals surface area contributed by atoms with E-state index in [1.54, 1.807) is 31.4 Å². The second kappa shape index (κ2) is 8.33. The average molecular weight is 327 g/mol. The van der Waals surface area contributed by atoms with E-state index in [0.717, 1.165) is 0 Å². The quantitative estimate of drug-likeness (QED) is 0.533. The van der Waals surface area contributed by atoms with Crippen molar-refractivity contribution < 1.29 is 19.4 Å². The van der Waals surface area contributed by atoms with Gasteiger partial charge in [-0.1, -0.05) is 24.3 Å². The Labute approximate surface area is 139 Å². The Bertz CT molecular complexity index is 742. The predicted octanol–water partition coefficient (Wildman–Crippen LogP) is 1.96. The summed E-state index contributed by atoms with van der Waals surface area (Å²) in [6.45, 7) is 0.0374. The number of nitrogens with one attached hydrogen (secondary N) is 2. The maximum absolute atomic E-state index is 11.7. The van der Waals surface area contributed by atoms with Crippen LogP contribution in [0.2, 0.25) is 0 Å². The Morgan fingerprint density at radius 2 is 1.88 bits per heavy atom. The molecule has 0 unspecified atom stereocenters. The third-order valence-corrected chi connectivity index (χ3v) is 3.11. The lowest BCUT2D eigenvalue weighted by Crippen LogP contribution is -2.26. The molecule has 2 aromatic carbocycles. The zero-order chi connectivity index (χ0) is 17.4. The monoisotopic (exact) mass is 327 g/mol. The van der Waals surface area contributed by atoms with Gasteiger partial charge in [-0.3, -0.25) is 4.79 Å². The molecule has 0 aliphatic heterocycles. The highest BCUT2D eigenvalue weighted by Crippen LogP contribution is 2.22. The molecule has 0 fully saturated rings. The molecule has 7 heteroatoms. The molecule has 0 aliphatic rings. The van der Waals surface area contributed by atoms with Gasteiger partial charge in [0.2, 0.25) is 0 Å². The smallest absolute Gasteiger partial charge is 0.335 e. The normalized spacial score (nSPS) is 10.4. The van der Waals surface area contributed by atoms with Crippen LogP contribution in [0.1, 0.15) is 15.9 Å². The highest BCUT2D eigenvalue weighted by molar-refractivity contribution is 5.89. The van der Waals surface area contributed by atoms with Gasteiger partial charge in [0.25, 0.3) is 5.91 Å². The maximum Gasteiger partial charge on any atom is 0.335 e. The number of aromatic carboxylic acids is 1. The first-order chi connectivity index (χ1) is 11.6. The number of carbonyl (C=O) groups excluding carboxylic acids is 1. The first-order valence-corrected chi connectivity index (χ1v) is 7.12. The zero-order valence-corrected chi connectivity index (χ0v) is 13.0. The molecule has 2 rings (SSSR count). The fourth-order valence-electron chi connectivity index (χ4n) is 1.90. The summed E-state index contributed by atoms with van der Waals surface area (Å²) >= 11 is 0. The van der Waals surface area contributed by atoms with Gasteiger partial charge in [0.1, 0.15) is 5.75 Å². The van der Waals surface area contributed by atoms with Crippen molar-refractivity contribution in [2.24, 2.45) is 5.10 Å². The number of nitrogens with zero attached hydrogens (tertiary/aromatic N) is 1. The molecule has 3 N–H and O–H groups in total. The zero-order valence-electron chi connectivity index (χ0n) is 13.0. The van der Waals surface area contributed by atoms with Crippen LogP contribution in [0.5, 0.6) is 5.75 Å². The number of para-hydroxylation sites is 2. The van der Waals surface area contributed by atoms with Crippen LogP contribution in [-0.4, -0.2) is 36.9 Å². The minimum atomic E-state index is -0.991. The van der Waals surface area contributed by atoms with Gasteiger partial charge in [0.05, 0.1) is 31.1 Å². The van der Waals surface area contributed by atoms with Crippen LogP contribution in [0.3, 0.4) is 0 Å². The molecule has 0 spiro atoms. The number of methoxy groups -OCH3 is 1. The van der Waals surface area contributed by atoms with Crippen molar-refractivity contribution >= 4 is 23.8 Å². The van der Waals surface area contributed by atoms with E-state index in [2.05, 4.69) is 15.8 Å². The van der Waals surface area contributed by atoms with Crippen LogP contribution in [0.4, 0.5) is 5.69 Å². The Morgan fingerprint density at radius 3 is 2.54 bits per heavy atom. The average Bonchev–Trinajstić information content (AvgIpc) is 2.60. The van der Waals surface area contributed by atoms with Crippen LogP contribution >= 0.6 is 0 Å². The van der Waals surface area contributed by atoms with Crippen molar-refractivity contribution in [3.8, 4) is 5.75 Å². The molecule has 1 amide bonds. The second-order valence-corrected chi connectivity index (χ2v) is 4.77. The summed E-state index contributed by atoms with van der Waals surface area (Å²) < 4.78 is 5.18. The topological polar surface area (TPSA) is 100 Å². The van der Waals surface area contributed by atoms with Crippen LogP contribution in [0, 0.1) is 0 Å². The summed E-state index contributed by atoms with van der Waals surface area (Å²) in [7, 11) is 1.56. The van der Waals surface area contributed by atoms with E-state index in [4.69, 9.17) is 9.84 Å². The van der Waals surface area contributed by atoms with Crippen LogP contribution in [0.25, 0.3) is 0 Å². The molecule has 0 heterocycles. The molecule has 0 aromatic heterocycles. The van der Waals surface area contributed by atoms with Crippen molar-refractivity contribution in [2.45, 2.75) is 0 Å². The third-order valence-electron chi connectivity index (χ3n) is 3.11. The standard InChI is InChI=1S/C17H17N3O4/c1-24-15-5-3-2-4-14(15)18-11-16(21)20-19-10-12-6-8-13(9-7-12)17(22)23/h2-10,18H,11H2,1H3,(H,20,21)(H,22,23)/b19-10+. The number of carboxylic acids is 1. The van der Waals surface area contributed by atoms with E-state index in [-0.39, 0.29) is 18.0 Å². The van der Waals surface area contributed by atoms with Crippen molar-refractivity contribution in [3.05, 3.63) is 59.7 Å². The minimum absolute atomic E-state index is 0.0374. The van der Waals surface area contributed by atoms with Crippen LogP contribution < -0.4 is 15.5 Å². The Balaban J connectivity index is 1.83. The summed E-state index contributed by atoms with van der Waals surface area (Å²) in [5.74, 6) is -0.666. The largest absolute Gasteiger partial charge is 0.495 e. The van der Waals surface area contributed by atoms with Gasteiger partial charge in [0.15, 0.2) is 0 Å². The Morgan fingerprint density at radius 1 is 1.17 bits per heavy atom. The van der Waals surface area contributed by atoms with Crippen LogP contribution in [-0.2, 0) is 4.79 Å².